The van der Waals surface area contributed by atoms with E-state index in [1.54, 1.807) is 50.2 Å². The van der Waals surface area contributed by atoms with E-state index >= 15 is 0 Å². The molecule has 1 N–H and O–H groups in total. The molecule has 214 valence electrons. The summed E-state index contributed by atoms with van der Waals surface area (Å²) in [5, 5.41) is 2.96. The highest BCUT2D eigenvalue weighted by atomic mass is 35.5. The summed E-state index contributed by atoms with van der Waals surface area (Å²) in [4.78, 5) is 28.5. The highest BCUT2D eigenvalue weighted by Crippen LogP contribution is 2.32. The van der Waals surface area contributed by atoms with Crippen molar-refractivity contribution in [2.75, 3.05) is 31.6 Å². The Hall–Kier alpha value is -3.76. The van der Waals surface area contributed by atoms with Gasteiger partial charge in [0.05, 0.1) is 29.8 Å². The van der Waals surface area contributed by atoms with Gasteiger partial charge in [-0.1, -0.05) is 48.9 Å². The van der Waals surface area contributed by atoms with Gasteiger partial charge >= 0.3 is 0 Å². The zero-order valence-electron chi connectivity index (χ0n) is 23.0. The predicted octanol–water partition coefficient (Wildman–Crippen LogP) is 4.50. The first-order valence-corrected chi connectivity index (χ1v) is 14.6. The van der Waals surface area contributed by atoms with Gasteiger partial charge in [-0.15, -0.1) is 0 Å². The SMILES string of the molecule is CCNC(=O)C(CC)N(Cc1cccc(OC)c1)C(=O)CN(c1ccc(OC)c(Cl)c1)S(=O)(=O)c1ccccc1. The van der Waals surface area contributed by atoms with Gasteiger partial charge in [-0.2, -0.15) is 0 Å². The number of likely N-dealkylation sites (N-methyl/N-ethyl adjacent to an activating group) is 1. The van der Waals surface area contributed by atoms with E-state index in [-0.39, 0.29) is 28.1 Å². The minimum Gasteiger partial charge on any atom is -0.497 e. The maximum Gasteiger partial charge on any atom is 0.264 e. The Kier molecular flexibility index (Phi) is 10.8. The minimum atomic E-state index is -4.20. The van der Waals surface area contributed by atoms with E-state index in [1.807, 2.05) is 6.07 Å². The number of sulfonamides is 1. The maximum atomic E-state index is 14.0. The van der Waals surface area contributed by atoms with E-state index in [9.17, 15) is 18.0 Å². The fourth-order valence-corrected chi connectivity index (χ4v) is 5.92. The second-order valence-electron chi connectivity index (χ2n) is 8.84. The number of amides is 2. The van der Waals surface area contributed by atoms with Gasteiger partial charge < -0.3 is 19.7 Å². The summed E-state index contributed by atoms with van der Waals surface area (Å²) in [5.41, 5.74) is 0.899. The predicted molar refractivity (Wildman–Crippen MR) is 155 cm³/mol. The first kappa shape index (κ1) is 30.8. The van der Waals surface area contributed by atoms with Gasteiger partial charge in [-0.25, -0.2) is 8.42 Å². The van der Waals surface area contributed by atoms with Crippen LogP contribution in [0, 0.1) is 0 Å². The Morgan fingerprint density at radius 3 is 2.27 bits per heavy atom. The number of benzene rings is 3. The van der Waals surface area contributed by atoms with Crippen molar-refractivity contribution in [1.29, 1.82) is 0 Å². The second kappa shape index (κ2) is 14.0. The summed E-state index contributed by atoms with van der Waals surface area (Å²) in [6.45, 7) is 3.47. The number of nitrogens with zero attached hydrogens (tertiary/aromatic N) is 2. The topological polar surface area (TPSA) is 105 Å². The molecule has 1 unspecified atom stereocenters. The molecule has 0 saturated carbocycles. The Morgan fingerprint density at radius 2 is 1.68 bits per heavy atom. The molecule has 3 aromatic carbocycles. The van der Waals surface area contributed by atoms with Gasteiger partial charge in [0.15, 0.2) is 0 Å². The molecule has 0 spiro atoms. The molecule has 9 nitrogen and oxygen atoms in total. The lowest BCUT2D eigenvalue weighted by atomic mass is 10.1. The third-order valence-electron chi connectivity index (χ3n) is 6.26. The number of anilines is 1. The highest BCUT2D eigenvalue weighted by molar-refractivity contribution is 7.92. The molecule has 11 heteroatoms. The van der Waals surface area contributed by atoms with E-state index in [1.165, 1.54) is 49.5 Å². The van der Waals surface area contributed by atoms with Gasteiger partial charge in [0.25, 0.3) is 10.0 Å². The largest absolute Gasteiger partial charge is 0.497 e. The summed E-state index contributed by atoms with van der Waals surface area (Å²) in [6.07, 6.45) is 0.321. The van der Waals surface area contributed by atoms with Crippen LogP contribution in [-0.4, -0.2) is 58.5 Å². The molecule has 2 amide bonds. The molecule has 0 aromatic heterocycles. The smallest absolute Gasteiger partial charge is 0.264 e. The maximum absolute atomic E-state index is 14.0. The molecule has 0 bridgehead atoms. The molecule has 0 fully saturated rings. The first-order valence-electron chi connectivity index (χ1n) is 12.8. The minimum absolute atomic E-state index is 0.00449. The van der Waals surface area contributed by atoms with Gasteiger partial charge in [-0.3, -0.25) is 13.9 Å². The van der Waals surface area contributed by atoms with Crippen LogP contribution in [0.4, 0.5) is 5.69 Å². The summed E-state index contributed by atoms with van der Waals surface area (Å²) in [5.74, 6) is 0.0615. The quantitative estimate of drug-likeness (QED) is 0.316. The molecule has 0 saturated heterocycles. The molecule has 0 aliphatic heterocycles. The fourth-order valence-electron chi connectivity index (χ4n) is 4.24. The van der Waals surface area contributed by atoms with Crippen molar-refractivity contribution < 1.29 is 27.5 Å². The zero-order chi connectivity index (χ0) is 29.3. The number of nitrogens with one attached hydrogen (secondary N) is 1. The molecular weight excluding hydrogens is 554 g/mol. The Morgan fingerprint density at radius 1 is 0.950 bits per heavy atom. The lowest BCUT2D eigenvalue weighted by Crippen LogP contribution is -2.52. The van der Waals surface area contributed by atoms with Crippen molar-refractivity contribution in [2.24, 2.45) is 0 Å². The van der Waals surface area contributed by atoms with E-state index in [0.717, 1.165) is 9.87 Å². The van der Waals surface area contributed by atoms with Crippen LogP contribution in [0.15, 0.2) is 77.7 Å². The number of ether oxygens (including phenoxy) is 2. The third kappa shape index (κ3) is 7.25. The number of rotatable bonds is 13. The lowest BCUT2D eigenvalue weighted by molar-refractivity contribution is -0.140. The molecule has 0 radical (unpaired) electrons. The number of hydrogen-bond donors (Lipinski definition) is 1. The van der Waals surface area contributed by atoms with Gasteiger partial charge in [-0.05, 0) is 61.4 Å². The van der Waals surface area contributed by atoms with Crippen molar-refractivity contribution in [3.05, 3.63) is 83.4 Å². The summed E-state index contributed by atoms with van der Waals surface area (Å²) >= 11 is 6.35. The summed E-state index contributed by atoms with van der Waals surface area (Å²) in [7, 11) is -1.21. The van der Waals surface area contributed by atoms with Crippen LogP contribution < -0.4 is 19.1 Å². The Balaban J connectivity index is 2.09. The Labute approximate surface area is 240 Å². The third-order valence-corrected chi connectivity index (χ3v) is 8.34. The normalized spacial score (nSPS) is 11.8. The van der Waals surface area contributed by atoms with E-state index in [4.69, 9.17) is 21.1 Å². The standard InChI is InChI=1S/C29H34ClN3O6S/c1-5-26(29(35)31-6-2)32(19-21-11-10-12-23(17-21)38-3)28(34)20-33(22-15-16-27(39-4)25(30)18-22)40(36,37)24-13-8-7-9-14-24/h7-18,26H,5-6,19-20H2,1-4H3,(H,31,35). The van der Waals surface area contributed by atoms with Crippen LogP contribution in [0.3, 0.4) is 0 Å². The first-order chi connectivity index (χ1) is 19.2. The number of hydrogen-bond acceptors (Lipinski definition) is 6. The van der Waals surface area contributed by atoms with Crippen LogP contribution in [-0.2, 0) is 26.2 Å². The van der Waals surface area contributed by atoms with Crippen molar-refractivity contribution in [1.82, 2.24) is 10.2 Å². The molecule has 0 aliphatic carbocycles. The monoisotopic (exact) mass is 587 g/mol. The average Bonchev–Trinajstić information content (AvgIpc) is 2.96. The van der Waals surface area contributed by atoms with Gasteiger partial charge in [0.1, 0.15) is 24.1 Å². The van der Waals surface area contributed by atoms with Crippen LogP contribution in [0.25, 0.3) is 0 Å². The van der Waals surface area contributed by atoms with Gasteiger partial charge in [0.2, 0.25) is 11.8 Å². The molecule has 0 aliphatic rings. The number of carbonyl (C=O) groups excluding carboxylic acids is 2. The van der Waals surface area contributed by atoms with Crippen LogP contribution in [0.5, 0.6) is 11.5 Å². The van der Waals surface area contributed by atoms with Crippen LogP contribution >= 0.6 is 11.6 Å². The lowest BCUT2D eigenvalue weighted by Gasteiger charge is -2.33. The number of methoxy groups -OCH3 is 2. The van der Waals surface area contributed by atoms with Crippen LogP contribution in [0.1, 0.15) is 25.8 Å². The van der Waals surface area contributed by atoms with Gasteiger partial charge in [0, 0.05) is 13.1 Å². The van der Waals surface area contributed by atoms with Crippen molar-refractivity contribution in [2.45, 2.75) is 37.8 Å². The molecule has 40 heavy (non-hydrogen) atoms. The van der Waals surface area contributed by atoms with Crippen LogP contribution in [0.2, 0.25) is 5.02 Å². The average molecular weight is 588 g/mol. The van der Waals surface area contributed by atoms with E-state index in [0.29, 0.717) is 24.5 Å². The zero-order valence-corrected chi connectivity index (χ0v) is 24.5. The van der Waals surface area contributed by atoms with E-state index in [2.05, 4.69) is 5.32 Å². The number of halogens is 1. The molecule has 3 rings (SSSR count). The fraction of sp³-hybridized carbons (Fsp3) is 0.310. The van der Waals surface area contributed by atoms with Crippen molar-refractivity contribution in [3.8, 4) is 11.5 Å². The molecule has 0 heterocycles. The molecular formula is C29H34ClN3O6S. The van der Waals surface area contributed by atoms with Crippen molar-refractivity contribution >= 4 is 39.1 Å². The van der Waals surface area contributed by atoms with Crippen molar-refractivity contribution in [3.63, 3.8) is 0 Å². The summed E-state index contributed by atoms with van der Waals surface area (Å²) < 4.78 is 39.3. The molecule has 3 aromatic rings. The number of carbonyl (C=O) groups is 2. The molecule has 1 atom stereocenters. The highest BCUT2D eigenvalue weighted by Gasteiger charge is 2.33. The second-order valence-corrected chi connectivity index (χ2v) is 11.1. The summed E-state index contributed by atoms with van der Waals surface area (Å²) in [6, 6.07) is 18.6. The Bertz CT molecular complexity index is 1420. The van der Waals surface area contributed by atoms with E-state index < -0.39 is 28.5 Å².